The van der Waals surface area contributed by atoms with Crippen molar-refractivity contribution in [3.8, 4) is 11.5 Å². The lowest BCUT2D eigenvalue weighted by molar-refractivity contribution is -0.143. The third kappa shape index (κ3) is 3.06. The van der Waals surface area contributed by atoms with Crippen molar-refractivity contribution in [2.24, 2.45) is 5.92 Å². The van der Waals surface area contributed by atoms with E-state index in [9.17, 15) is 4.79 Å². The first-order chi connectivity index (χ1) is 11.8. The van der Waals surface area contributed by atoms with E-state index in [2.05, 4.69) is 10.1 Å². The normalized spacial score (nSPS) is 22.0. The summed E-state index contributed by atoms with van der Waals surface area (Å²) in [6.07, 6.45) is 4.04. The fourth-order valence-electron chi connectivity index (χ4n) is 3.50. The van der Waals surface area contributed by atoms with Crippen LogP contribution in [0.15, 0.2) is 34.9 Å². The van der Waals surface area contributed by atoms with Crippen LogP contribution in [-0.2, 0) is 9.53 Å². The fourth-order valence-corrected chi connectivity index (χ4v) is 3.50. The minimum absolute atomic E-state index is 0.189. The van der Waals surface area contributed by atoms with Crippen molar-refractivity contribution in [2.45, 2.75) is 31.8 Å². The molecule has 126 valence electrons. The Morgan fingerprint density at radius 1 is 1.17 bits per heavy atom. The van der Waals surface area contributed by atoms with E-state index < -0.39 is 0 Å². The van der Waals surface area contributed by atoms with Crippen molar-refractivity contribution >= 4 is 5.91 Å². The Labute approximate surface area is 140 Å². The summed E-state index contributed by atoms with van der Waals surface area (Å²) in [4.78, 5) is 19.0. The molecule has 1 aromatic carbocycles. The molecule has 1 atom stereocenters. The number of aromatic nitrogens is 2. The first-order valence-corrected chi connectivity index (χ1v) is 8.60. The van der Waals surface area contributed by atoms with E-state index in [1.807, 2.05) is 35.2 Å². The molecule has 6 heteroatoms. The predicted molar refractivity (Wildman–Crippen MR) is 87.0 cm³/mol. The van der Waals surface area contributed by atoms with Crippen molar-refractivity contribution in [1.82, 2.24) is 15.0 Å². The Kier molecular flexibility index (Phi) is 4.30. The maximum atomic E-state index is 12.6. The number of hydrogen-bond donors (Lipinski definition) is 0. The second kappa shape index (κ2) is 6.73. The zero-order valence-corrected chi connectivity index (χ0v) is 13.6. The molecule has 1 aliphatic carbocycles. The Morgan fingerprint density at radius 2 is 1.96 bits per heavy atom. The van der Waals surface area contributed by atoms with E-state index in [-0.39, 0.29) is 17.9 Å². The summed E-state index contributed by atoms with van der Waals surface area (Å²) >= 11 is 0. The molecule has 0 bridgehead atoms. The topological polar surface area (TPSA) is 68.5 Å². The highest BCUT2D eigenvalue weighted by Gasteiger charge is 2.33. The molecule has 1 saturated heterocycles. The Bertz CT molecular complexity index is 695. The lowest BCUT2D eigenvalue weighted by atomic mass is 10.1. The molecule has 6 nitrogen and oxygen atoms in total. The standard InChI is InChI=1S/C18H21N3O3/c22-18(14-8-4-5-9-14)21-10-11-23-15(12-21)16-19-17(24-20-16)13-6-2-1-3-7-13/h1-3,6-7,14-15H,4-5,8-12H2/t15-/m1/s1. The molecule has 2 fully saturated rings. The van der Waals surface area contributed by atoms with Gasteiger partial charge in [0.1, 0.15) is 6.10 Å². The van der Waals surface area contributed by atoms with Crippen molar-refractivity contribution in [2.75, 3.05) is 19.7 Å². The molecule has 1 amide bonds. The number of amides is 1. The van der Waals surface area contributed by atoms with Crippen molar-refractivity contribution in [1.29, 1.82) is 0 Å². The number of hydrogen-bond acceptors (Lipinski definition) is 5. The number of morpholine rings is 1. The summed E-state index contributed by atoms with van der Waals surface area (Å²) < 4.78 is 11.1. The van der Waals surface area contributed by atoms with Gasteiger partial charge in [0.2, 0.25) is 11.7 Å². The van der Waals surface area contributed by atoms with Gasteiger partial charge in [-0.25, -0.2) is 0 Å². The van der Waals surface area contributed by atoms with Crippen LogP contribution in [0.2, 0.25) is 0 Å². The van der Waals surface area contributed by atoms with Crippen LogP contribution in [-0.4, -0.2) is 40.6 Å². The first kappa shape index (κ1) is 15.3. The number of ether oxygens (including phenoxy) is 1. The number of carbonyl (C=O) groups excluding carboxylic acids is 1. The molecule has 2 heterocycles. The zero-order chi connectivity index (χ0) is 16.4. The summed E-state index contributed by atoms with van der Waals surface area (Å²) in [6.45, 7) is 1.66. The molecule has 0 radical (unpaired) electrons. The smallest absolute Gasteiger partial charge is 0.258 e. The maximum Gasteiger partial charge on any atom is 0.258 e. The highest BCUT2D eigenvalue weighted by molar-refractivity contribution is 5.79. The SMILES string of the molecule is O=C(C1CCCC1)N1CCO[C@@H](c2noc(-c3ccccc3)n2)C1. The molecule has 1 aliphatic heterocycles. The van der Waals surface area contributed by atoms with E-state index in [0.717, 1.165) is 31.2 Å². The average Bonchev–Trinajstić information content (AvgIpc) is 3.34. The molecule has 1 aromatic heterocycles. The third-order valence-electron chi connectivity index (χ3n) is 4.83. The zero-order valence-electron chi connectivity index (χ0n) is 13.6. The van der Waals surface area contributed by atoms with Gasteiger partial charge in [0, 0.05) is 18.0 Å². The second-order valence-corrected chi connectivity index (χ2v) is 6.45. The molecule has 2 aromatic rings. The van der Waals surface area contributed by atoms with Crippen LogP contribution < -0.4 is 0 Å². The van der Waals surface area contributed by atoms with Gasteiger partial charge in [0.15, 0.2) is 0 Å². The van der Waals surface area contributed by atoms with Gasteiger partial charge in [-0.05, 0) is 25.0 Å². The van der Waals surface area contributed by atoms with Crippen LogP contribution >= 0.6 is 0 Å². The average molecular weight is 327 g/mol. The largest absolute Gasteiger partial charge is 0.366 e. The lowest BCUT2D eigenvalue weighted by Gasteiger charge is -2.33. The quantitative estimate of drug-likeness (QED) is 0.867. The maximum absolute atomic E-state index is 12.6. The van der Waals surface area contributed by atoms with Gasteiger partial charge in [-0.15, -0.1) is 0 Å². The monoisotopic (exact) mass is 327 g/mol. The van der Waals surface area contributed by atoms with Gasteiger partial charge >= 0.3 is 0 Å². The summed E-state index contributed by atoms with van der Waals surface area (Å²) in [5.41, 5.74) is 0.881. The van der Waals surface area contributed by atoms with Gasteiger partial charge in [-0.1, -0.05) is 36.2 Å². The van der Waals surface area contributed by atoms with Gasteiger partial charge < -0.3 is 14.2 Å². The first-order valence-electron chi connectivity index (χ1n) is 8.60. The van der Waals surface area contributed by atoms with Crippen LogP contribution in [0.4, 0.5) is 0 Å². The molecule has 0 unspecified atom stereocenters. The van der Waals surface area contributed by atoms with Crippen LogP contribution in [0.5, 0.6) is 0 Å². The van der Waals surface area contributed by atoms with E-state index in [1.165, 1.54) is 0 Å². The molecule has 1 saturated carbocycles. The fraction of sp³-hybridized carbons (Fsp3) is 0.500. The number of rotatable bonds is 3. The predicted octanol–water partition coefficient (Wildman–Crippen LogP) is 2.83. The van der Waals surface area contributed by atoms with E-state index in [0.29, 0.717) is 31.4 Å². The molecule has 0 N–H and O–H groups in total. The minimum Gasteiger partial charge on any atom is -0.366 e. The van der Waals surface area contributed by atoms with E-state index in [1.54, 1.807) is 0 Å². The highest BCUT2D eigenvalue weighted by Crippen LogP contribution is 2.29. The van der Waals surface area contributed by atoms with Gasteiger partial charge in [0.05, 0.1) is 13.2 Å². The molecular formula is C18H21N3O3. The van der Waals surface area contributed by atoms with Crippen molar-refractivity contribution < 1.29 is 14.1 Å². The second-order valence-electron chi connectivity index (χ2n) is 6.45. The van der Waals surface area contributed by atoms with Crippen LogP contribution in [0, 0.1) is 5.92 Å². The molecular weight excluding hydrogens is 306 g/mol. The third-order valence-corrected chi connectivity index (χ3v) is 4.83. The van der Waals surface area contributed by atoms with Crippen molar-refractivity contribution in [3.05, 3.63) is 36.2 Å². The van der Waals surface area contributed by atoms with Gasteiger partial charge in [0.25, 0.3) is 5.89 Å². The van der Waals surface area contributed by atoms with E-state index >= 15 is 0 Å². The molecule has 0 spiro atoms. The van der Waals surface area contributed by atoms with Gasteiger partial charge in [-0.2, -0.15) is 4.98 Å². The molecule has 4 rings (SSSR count). The van der Waals surface area contributed by atoms with Crippen LogP contribution in [0.25, 0.3) is 11.5 Å². The summed E-state index contributed by atoms with van der Waals surface area (Å²) in [5, 5.41) is 4.06. The molecule has 2 aliphatic rings. The summed E-state index contributed by atoms with van der Waals surface area (Å²) in [5.74, 6) is 1.44. The van der Waals surface area contributed by atoms with Crippen LogP contribution in [0.3, 0.4) is 0 Å². The summed E-state index contributed by atoms with van der Waals surface area (Å²) in [6, 6.07) is 9.65. The summed E-state index contributed by atoms with van der Waals surface area (Å²) in [7, 11) is 0. The number of nitrogens with zero attached hydrogens (tertiary/aromatic N) is 3. The Hall–Kier alpha value is -2.21. The lowest BCUT2D eigenvalue weighted by Crippen LogP contribution is -2.44. The Balaban J connectivity index is 1.46. The number of carbonyl (C=O) groups is 1. The minimum atomic E-state index is -0.315. The highest BCUT2D eigenvalue weighted by atomic mass is 16.5. The van der Waals surface area contributed by atoms with Crippen LogP contribution in [0.1, 0.15) is 37.6 Å². The Morgan fingerprint density at radius 3 is 2.75 bits per heavy atom. The molecule has 24 heavy (non-hydrogen) atoms. The van der Waals surface area contributed by atoms with Crippen molar-refractivity contribution in [3.63, 3.8) is 0 Å². The number of benzene rings is 1. The van der Waals surface area contributed by atoms with Gasteiger partial charge in [-0.3, -0.25) is 4.79 Å². The van der Waals surface area contributed by atoms with E-state index in [4.69, 9.17) is 9.26 Å².